The number of Topliss-reactive ketones (excluding diaryl/α,β-unsaturated/α-hetero) is 1. The Hall–Kier alpha value is -0.0800. The minimum Gasteiger partial charge on any atom is -0.298 e. The molecule has 2 unspecified atom stereocenters. The molecular formula is C7H12ClNO. The van der Waals surface area contributed by atoms with Gasteiger partial charge in [-0.25, -0.2) is 0 Å². The van der Waals surface area contributed by atoms with Crippen LogP contribution >= 0.6 is 12.4 Å². The summed E-state index contributed by atoms with van der Waals surface area (Å²) in [5, 5.41) is 0. The van der Waals surface area contributed by atoms with Gasteiger partial charge in [-0.3, -0.25) is 9.69 Å². The van der Waals surface area contributed by atoms with Gasteiger partial charge in [0.25, 0.3) is 0 Å². The van der Waals surface area contributed by atoms with Gasteiger partial charge >= 0.3 is 0 Å². The van der Waals surface area contributed by atoms with Crippen LogP contribution in [0.2, 0.25) is 0 Å². The molecule has 2 saturated heterocycles. The first-order chi connectivity index (χ1) is 4.34. The van der Waals surface area contributed by atoms with Crippen LogP contribution in [0.5, 0.6) is 0 Å². The largest absolute Gasteiger partial charge is 0.298 e. The zero-order valence-corrected chi connectivity index (χ0v) is 6.69. The van der Waals surface area contributed by atoms with Crippen LogP contribution in [0.3, 0.4) is 0 Å². The molecule has 0 radical (unpaired) electrons. The fraction of sp³-hybridized carbons (Fsp3) is 0.857. The molecule has 2 rings (SSSR count). The molecular weight excluding hydrogens is 150 g/mol. The summed E-state index contributed by atoms with van der Waals surface area (Å²) in [6.07, 6.45) is 2.11. The van der Waals surface area contributed by atoms with Crippen LogP contribution in [0.4, 0.5) is 0 Å². The van der Waals surface area contributed by atoms with Crippen molar-refractivity contribution >= 4 is 18.2 Å². The Balaban J connectivity index is 0.000000500. The van der Waals surface area contributed by atoms with Crippen molar-refractivity contribution in [3.63, 3.8) is 0 Å². The predicted molar refractivity (Wildman–Crippen MR) is 41.4 cm³/mol. The first-order valence-electron chi connectivity index (χ1n) is 3.58. The van der Waals surface area contributed by atoms with Crippen molar-refractivity contribution in [1.29, 1.82) is 0 Å². The van der Waals surface area contributed by atoms with Gasteiger partial charge in [0.1, 0.15) is 5.78 Å². The van der Waals surface area contributed by atoms with E-state index in [-0.39, 0.29) is 12.4 Å². The molecule has 3 heteroatoms. The molecule has 0 aromatic rings. The lowest BCUT2D eigenvalue weighted by atomic mass is 10.0. The Kier molecular flexibility index (Phi) is 2.32. The van der Waals surface area contributed by atoms with E-state index in [9.17, 15) is 4.79 Å². The molecule has 2 nitrogen and oxygen atoms in total. The quantitative estimate of drug-likeness (QED) is 0.522. The van der Waals surface area contributed by atoms with Gasteiger partial charge in [0.05, 0.1) is 6.54 Å². The predicted octanol–water partition coefficient (Wildman–Crippen LogP) is 0.703. The van der Waals surface area contributed by atoms with E-state index in [1.54, 1.807) is 0 Å². The van der Waals surface area contributed by atoms with Gasteiger partial charge in [-0.2, -0.15) is 0 Å². The smallest absolute Gasteiger partial charge is 0.147 e. The number of fused-ring (bicyclic) bond motifs is 2. The Morgan fingerprint density at radius 3 is 3.00 bits per heavy atom. The molecule has 2 bridgehead atoms. The number of carbonyl (C=O) groups is 1. The number of rotatable bonds is 0. The molecule has 0 aromatic heterocycles. The molecule has 0 spiro atoms. The van der Waals surface area contributed by atoms with E-state index >= 15 is 0 Å². The summed E-state index contributed by atoms with van der Waals surface area (Å²) in [5.74, 6) is 1.16. The Morgan fingerprint density at radius 2 is 2.30 bits per heavy atom. The fourth-order valence-electron chi connectivity index (χ4n) is 1.86. The van der Waals surface area contributed by atoms with Crippen molar-refractivity contribution in [2.24, 2.45) is 5.92 Å². The molecule has 0 aliphatic carbocycles. The highest BCUT2D eigenvalue weighted by molar-refractivity contribution is 5.85. The number of hydrogen-bond donors (Lipinski definition) is 0. The van der Waals surface area contributed by atoms with Crippen molar-refractivity contribution in [2.75, 3.05) is 19.6 Å². The molecule has 2 atom stereocenters. The maximum absolute atomic E-state index is 10.9. The van der Waals surface area contributed by atoms with Gasteiger partial charge in [-0.15, -0.1) is 12.4 Å². The van der Waals surface area contributed by atoms with Gasteiger partial charge in [0, 0.05) is 13.0 Å². The Labute approximate surface area is 67.0 Å². The number of ketones is 1. The molecule has 0 saturated carbocycles. The monoisotopic (exact) mass is 161 g/mol. The van der Waals surface area contributed by atoms with E-state index in [0.29, 0.717) is 11.7 Å². The van der Waals surface area contributed by atoms with Crippen LogP contribution in [0.1, 0.15) is 12.8 Å². The number of halogens is 1. The highest BCUT2D eigenvalue weighted by Gasteiger charge is 2.30. The van der Waals surface area contributed by atoms with Crippen LogP contribution in [-0.2, 0) is 4.79 Å². The number of nitrogens with zero attached hydrogens (tertiary/aromatic N) is 1. The van der Waals surface area contributed by atoms with Crippen molar-refractivity contribution in [3.05, 3.63) is 0 Å². The second-order valence-electron chi connectivity index (χ2n) is 3.13. The van der Waals surface area contributed by atoms with E-state index in [1.807, 2.05) is 0 Å². The maximum Gasteiger partial charge on any atom is 0.147 e. The van der Waals surface area contributed by atoms with Crippen LogP contribution in [-0.4, -0.2) is 30.3 Å². The first-order valence-corrected chi connectivity index (χ1v) is 3.58. The molecule has 10 heavy (non-hydrogen) atoms. The summed E-state index contributed by atoms with van der Waals surface area (Å²) in [7, 11) is 0. The Morgan fingerprint density at radius 1 is 1.50 bits per heavy atom. The minimum absolute atomic E-state index is 0. The number of carbonyl (C=O) groups excluding carboxylic acids is 1. The third-order valence-corrected chi connectivity index (χ3v) is 2.29. The van der Waals surface area contributed by atoms with Crippen LogP contribution < -0.4 is 0 Å². The second-order valence-corrected chi connectivity index (χ2v) is 3.13. The summed E-state index contributed by atoms with van der Waals surface area (Å²) in [6.45, 7) is 3.08. The van der Waals surface area contributed by atoms with E-state index in [1.165, 1.54) is 13.0 Å². The Bertz CT molecular complexity index is 135. The highest BCUT2D eigenvalue weighted by atomic mass is 35.5. The molecule has 2 fully saturated rings. The van der Waals surface area contributed by atoms with Crippen molar-refractivity contribution in [1.82, 2.24) is 4.90 Å². The third-order valence-electron chi connectivity index (χ3n) is 2.29. The van der Waals surface area contributed by atoms with Gasteiger partial charge in [-0.05, 0) is 18.9 Å². The molecule has 2 aliphatic heterocycles. The van der Waals surface area contributed by atoms with Gasteiger partial charge in [0.2, 0.25) is 0 Å². The molecule has 0 amide bonds. The number of hydrogen-bond acceptors (Lipinski definition) is 2. The minimum atomic E-state index is 0. The van der Waals surface area contributed by atoms with Gasteiger partial charge in [-0.1, -0.05) is 0 Å². The van der Waals surface area contributed by atoms with E-state index in [2.05, 4.69) is 4.90 Å². The van der Waals surface area contributed by atoms with E-state index in [0.717, 1.165) is 19.5 Å². The average molecular weight is 162 g/mol. The van der Waals surface area contributed by atoms with Crippen LogP contribution in [0.15, 0.2) is 0 Å². The lowest BCUT2D eigenvalue weighted by Crippen LogP contribution is -2.32. The van der Waals surface area contributed by atoms with Crippen molar-refractivity contribution < 1.29 is 4.79 Å². The lowest BCUT2D eigenvalue weighted by molar-refractivity contribution is -0.122. The first kappa shape index (κ1) is 8.02. The molecule has 58 valence electrons. The molecule has 2 heterocycles. The molecule has 0 aromatic carbocycles. The SMILES string of the molecule is Cl.O=C1CC2CCN(C1)C2. The maximum atomic E-state index is 10.9. The fourth-order valence-corrected chi connectivity index (χ4v) is 1.86. The van der Waals surface area contributed by atoms with Crippen molar-refractivity contribution in [3.8, 4) is 0 Å². The van der Waals surface area contributed by atoms with Gasteiger partial charge in [0.15, 0.2) is 0 Å². The molecule has 0 N–H and O–H groups in total. The topological polar surface area (TPSA) is 20.3 Å². The zero-order chi connectivity index (χ0) is 6.27. The third kappa shape index (κ3) is 1.32. The lowest BCUT2D eigenvalue weighted by Gasteiger charge is -2.19. The summed E-state index contributed by atoms with van der Waals surface area (Å²) >= 11 is 0. The highest BCUT2D eigenvalue weighted by Crippen LogP contribution is 2.23. The van der Waals surface area contributed by atoms with Crippen LogP contribution in [0.25, 0.3) is 0 Å². The molecule has 2 aliphatic rings. The average Bonchev–Trinajstić information content (AvgIpc) is 2.11. The van der Waals surface area contributed by atoms with Crippen LogP contribution in [0, 0.1) is 5.92 Å². The summed E-state index contributed by atoms with van der Waals surface area (Å²) in [4.78, 5) is 13.1. The summed E-state index contributed by atoms with van der Waals surface area (Å²) in [6, 6.07) is 0. The van der Waals surface area contributed by atoms with E-state index in [4.69, 9.17) is 0 Å². The summed E-state index contributed by atoms with van der Waals surface area (Å²) in [5.41, 5.74) is 0. The normalized spacial score (nSPS) is 37.4. The number of piperidine rings is 1. The standard InChI is InChI=1S/C7H11NO.ClH/c9-7-3-6-1-2-8(4-6)5-7;/h6H,1-5H2;1H. The summed E-state index contributed by atoms with van der Waals surface area (Å²) < 4.78 is 0. The van der Waals surface area contributed by atoms with Gasteiger partial charge < -0.3 is 0 Å². The van der Waals surface area contributed by atoms with Crippen molar-refractivity contribution in [2.45, 2.75) is 12.8 Å². The zero-order valence-electron chi connectivity index (χ0n) is 5.88. The van der Waals surface area contributed by atoms with E-state index < -0.39 is 0 Å². The second kappa shape index (κ2) is 2.89.